The molecular weight excluding hydrogens is 318 g/mol. The normalized spacial score (nSPS) is 15.4. The smallest absolute Gasteiger partial charge is 0.243 e. The number of rotatable bonds is 4. The average molecular weight is 337 g/mol. The van der Waals surface area contributed by atoms with Crippen LogP contribution in [0.2, 0.25) is 0 Å². The molecule has 0 saturated heterocycles. The SMILES string of the molecule is CCOc1ccc(S(=O)(=O)N2CCc3noc(N)c3C2)cc1C. The summed E-state index contributed by atoms with van der Waals surface area (Å²) in [7, 11) is -3.60. The van der Waals surface area contributed by atoms with Gasteiger partial charge in [-0.3, -0.25) is 0 Å². The second kappa shape index (κ2) is 5.86. The van der Waals surface area contributed by atoms with E-state index in [4.69, 9.17) is 15.0 Å². The lowest BCUT2D eigenvalue weighted by atomic mass is 10.1. The van der Waals surface area contributed by atoms with E-state index < -0.39 is 10.0 Å². The summed E-state index contributed by atoms with van der Waals surface area (Å²) < 4.78 is 37.5. The van der Waals surface area contributed by atoms with Crippen LogP contribution < -0.4 is 10.5 Å². The van der Waals surface area contributed by atoms with Gasteiger partial charge in [-0.05, 0) is 37.6 Å². The van der Waals surface area contributed by atoms with Crippen molar-refractivity contribution in [3.63, 3.8) is 0 Å². The third kappa shape index (κ3) is 2.79. The van der Waals surface area contributed by atoms with Crippen LogP contribution in [0.4, 0.5) is 5.88 Å². The summed E-state index contributed by atoms with van der Waals surface area (Å²) in [6.07, 6.45) is 0.491. The van der Waals surface area contributed by atoms with E-state index in [2.05, 4.69) is 5.16 Å². The standard InChI is InChI=1S/C15H19N3O4S/c1-3-21-14-5-4-11(8-10(14)2)23(19,20)18-7-6-13-12(9-18)15(16)22-17-13/h4-5,8H,3,6-7,9,16H2,1-2H3. The molecule has 2 aromatic rings. The predicted octanol–water partition coefficient (Wildman–Crippen LogP) is 1.71. The Morgan fingerprint density at radius 3 is 2.91 bits per heavy atom. The van der Waals surface area contributed by atoms with E-state index in [0.717, 1.165) is 11.3 Å². The molecule has 0 bridgehead atoms. The Kier molecular flexibility index (Phi) is 4.03. The molecule has 2 N–H and O–H groups in total. The number of aromatic nitrogens is 1. The molecule has 2 heterocycles. The van der Waals surface area contributed by atoms with Crippen LogP contribution in [0.1, 0.15) is 23.7 Å². The molecule has 0 unspecified atom stereocenters. The molecule has 1 aliphatic rings. The maximum atomic E-state index is 12.8. The zero-order valence-electron chi connectivity index (χ0n) is 13.1. The zero-order chi connectivity index (χ0) is 16.6. The van der Waals surface area contributed by atoms with Crippen molar-refractivity contribution in [1.82, 2.24) is 9.46 Å². The van der Waals surface area contributed by atoms with Crippen LogP contribution in [0.5, 0.6) is 5.75 Å². The molecule has 0 radical (unpaired) electrons. The van der Waals surface area contributed by atoms with E-state index in [1.165, 1.54) is 4.31 Å². The summed E-state index contributed by atoms with van der Waals surface area (Å²) in [6.45, 7) is 4.79. The van der Waals surface area contributed by atoms with Gasteiger partial charge in [-0.2, -0.15) is 4.31 Å². The Balaban J connectivity index is 1.90. The van der Waals surface area contributed by atoms with E-state index in [9.17, 15) is 8.42 Å². The van der Waals surface area contributed by atoms with Crippen molar-refractivity contribution in [3.8, 4) is 5.75 Å². The van der Waals surface area contributed by atoms with Crippen LogP contribution in [0.3, 0.4) is 0 Å². The first-order valence-corrected chi connectivity index (χ1v) is 8.84. The molecule has 8 heteroatoms. The molecule has 7 nitrogen and oxygen atoms in total. The number of nitrogens with two attached hydrogens (primary N) is 1. The maximum Gasteiger partial charge on any atom is 0.243 e. The van der Waals surface area contributed by atoms with Crippen molar-refractivity contribution in [1.29, 1.82) is 0 Å². The molecule has 0 spiro atoms. The Morgan fingerprint density at radius 1 is 1.43 bits per heavy atom. The summed E-state index contributed by atoms with van der Waals surface area (Å²) in [5.41, 5.74) is 7.89. The topological polar surface area (TPSA) is 98.7 Å². The van der Waals surface area contributed by atoms with E-state index in [1.807, 2.05) is 13.8 Å². The van der Waals surface area contributed by atoms with Gasteiger partial charge in [-0.1, -0.05) is 5.16 Å². The molecule has 23 heavy (non-hydrogen) atoms. The number of aryl methyl sites for hydroxylation is 1. The lowest BCUT2D eigenvalue weighted by Gasteiger charge is -2.25. The van der Waals surface area contributed by atoms with Crippen LogP contribution in [-0.2, 0) is 23.0 Å². The Bertz CT molecular complexity index is 829. The fourth-order valence-corrected chi connectivity index (χ4v) is 4.16. The number of hydrogen-bond acceptors (Lipinski definition) is 6. The highest BCUT2D eigenvalue weighted by atomic mass is 32.2. The molecule has 1 aromatic heterocycles. The predicted molar refractivity (Wildman–Crippen MR) is 84.6 cm³/mol. The Labute approximate surface area is 135 Å². The van der Waals surface area contributed by atoms with Crippen LogP contribution in [0.25, 0.3) is 0 Å². The maximum absolute atomic E-state index is 12.8. The van der Waals surface area contributed by atoms with Crippen LogP contribution in [-0.4, -0.2) is 31.0 Å². The minimum Gasteiger partial charge on any atom is -0.494 e. The summed E-state index contributed by atoms with van der Waals surface area (Å²) in [5, 5.41) is 3.85. The number of ether oxygens (including phenoxy) is 1. The van der Waals surface area contributed by atoms with Gasteiger partial charge in [-0.15, -0.1) is 0 Å². The van der Waals surface area contributed by atoms with Gasteiger partial charge in [0.25, 0.3) is 0 Å². The van der Waals surface area contributed by atoms with E-state index in [0.29, 0.717) is 30.9 Å². The van der Waals surface area contributed by atoms with E-state index in [-0.39, 0.29) is 17.3 Å². The van der Waals surface area contributed by atoms with Gasteiger partial charge in [0.05, 0.1) is 22.8 Å². The highest BCUT2D eigenvalue weighted by Gasteiger charge is 2.31. The fraction of sp³-hybridized carbons (Fsp3) is 0.400. The average Bonchev–Trinajstić information content (AvgIpc) is 2.90. The number of anilines is 1. The first-order chi connectivity index (χ1) is 10.9. The third-order valence-electron chi connectivity index (χ3n) is 3.92. The number of sulfonamides is 1. The highest BCUT2D eigenvalue weighted by molar-refractivity contribution is 7.89. The molecule has 124 valence electrons. The summed E-state index contributed by atoms with van der Waals surface area (Å²) >= 11 is 0. The van der Waals surface area contributed by atoms with Crippen molar-refractivity contribution < 1.29 is 17.7 Å². The fourth-order valence-electron chi connectivity index (χ4n) is 2.66. The number of nitrogen functional groups attached to an aromatic ring is 1. The molecule has 1 aliphatic heterocycles. The van der Waals surface area contributed by atoms with Crippen LogP contribution in [0.15, 0.2) is 27.6 Å². The minimum absolute atomic E-state index is 0.180. The first-order valence-electron chi connectivity index (χ1n) is 7.40. The first kappa shape index (κ1) is 15.8. The van der Waals surface area contributed by atoms with Crippen molar-refractivity contribution >= 4 is 15.9 Å². The number of fused-ring (bicyclic) bond motifs is 1. The molecule has 0 atom stereocenters. The number of nitrogens with zero attached hydrogens (tertiary/aromatic N) is 2. The molecule has 0 fully saturated rings. The van der Waals surface area contributed by atoms with Crippen molar-refractivity contribution in [2.24, 2.45) is 0 Å². The number of hydrogen-bond donors (Lipinski definition) is 1. The van der Waals surface area contributed by atoms with E-state index >= 15 is 0 Å². The summed E-state index contributed by atoms with van der Waals surface area (Å²) in [5.74, 6) is 0.874. The monoisotopic (exact) mass is 337 g/mol. The minimum atomic E-state index is -3.60. The second-order valence-electron chi connectivity index (χ2n) is 5.42. The summed E-state index contributed by atoms with van der Waals surface area (Å²) in [4.78, 5) is 0.247. The lowest BCUT2D eigenvalue weighted by molar-refractivity contribution is 0.337. The number of benzene rings is 1. The molecule has 3 rings (SSSR count). The molecular formula is C15H19N3O4S. The highest BCUT2D eigenvalue weighted by Crippen LogP contribution is 2.29. The van der Waals surface area contributed by atoms with Crippen LogP contribution in [0, 0.1) is 6.92 Å². The quantitative estimate of drug-likeness (QED) is 0.912. The van der Waals surface area contributed by atoms with Crippen molar-refractivity contribution in [2.45, 2.75) is 31.7 Å². The van der Waals surface area contributed by atoms with Gasteiger partial charge in [0.2, 0.25) is 15.9 Å². The van der Waals surface area contributed by atoms with Gasteiger partial charge in [0.15, 0.2) is 0 Å². The largest absolute Gasteiger partial charge is 0.494 e. The van der Waals surface area contributed by atoms with E-state index in [1.54, 1.807) is 18.2 Å². The van der Waals surface area contributed by atoms with Gasteiger partial charge in [0.1, 0.15) is 5.75 Å². The van der Waals surface area contributed by atoms with Crippen molar-refractivity contribution in [3.05, 3.63) is 35.0 Å². The third-order valence-corrected chi connectivity index (χ3v) is 5.76. The van der Waals surface area contributed by atoms with Gasteiger partial charge >= 0.3 is 0 Å². The van der Waals surface area contributed by atoms with Gasteiger partial charge in [-0.25, -0.2) is 8.42 Å². The van der Waals surface area contributed by atoms with Crippen molar-refractivity contribution in [2.75, 3.05) is 18.9 Å². The van der Waals surface area contributed by atoms with Gasteiger partial charge in [0, 0.05) is 19.5 Å². The molecule has 0 saturated carbocycles. The Hall–Kier alpha value is -2.06. The van der Waals surface area contributed by atoms with Crippen LogP contribution >= 0.6 is 0 Å². The van der Waals surface area contributed by atoms with Gasteiger partial charge < -0.3 is 15.0 Å². The zero-order valence-corrected chi connectivity index (χ0v) is 13.9. The second-order valence-corrected chi connectivity index (χ2v) is 7.36. The summed E-state index contributed by atoms with van der Waals surface area (Å²) in [6, 6.07) is 4.89. The molecule has 1 aromatic carbocycles. The Morgan fingerprint density at radius 2 is 2.22 bits per heavy atom. The molecule has 0 aliphatic carbocycles. The molecule has 0 amide bonds. The lowest BCUT2D eigenvalue weighted by Crippen LogP contribution is -2.36.